The van der Waals surface area contributed by atoms with Crippen molar-refractivity contribution in [2.24, 2.45) is 17.1 Å². The van der Waals surface area contributed by atoms with Crippen LogP contribution < -0.4 is 5.73 Å². The summed E-state index contributed by atoms with van der Waals surface area (Å²) in [6, 6.07) is 7.84. The minimum Gasteiger partial charge on any atom is -0.468 e. The Labute approximate surface area is 126 Å². The number of aromatic amines is 1. The van der Waals surface area contributed by atoms with Gasteiger partial charge in [0.2, 0.25) is 5.91 Å². The molecule has 6 heteroatoms. The van der Waals surface area contributed by atoms with Gasteiger partial charge in [-0.15, -0.1) is 0 Å². The first-order valence-corrected chi connectivity index (χ1v) is 6.91. The molecule has 2 unspecified atom stereocenters. The van der Waals surface area contributed by atoms with Crippen LogP contribution in [0.15, 0.2) is 24.4 Å². The molecule has 1 fully saturated rings. The highest BCUT2D eigenvalue weighted by molar-refractivity contribution is 6.05. The molecule has 0 aliphatic heterocycles. The Balaban J connectivity index is 1.87. The number of rotatable bonds is 4. The standard InChI is InChI=1S/C16H15N3O3/c1-22-15(21)16(14(18)20)6-11(16)4-9-2-3-13-12(5-9)10(7-17)8-19-13/h2-3,5,8,11,19H,4,6H2,1H3,(H2,18,20). The normalized spacial score (nSPS) is 23.0. The lowest BCUT2D eigenvalue weighted by molar-refractivity contribution is -0.151. The Bertz CT molecular complexity index is 818. The van der Waals surface area contributed by atoms with E-state index in [2.05, 4.69) is 11.1 Å². The van der Waals surface area contributed by atoms with Gasteiger partial charge in [0.25, 0.3) is 0 Å². The summed E-state index contributed by atoms with van der Waals surface area (Å²) >= 11 is 0. The monoisotopic (exact) mass is 297 g/mol. The Morgan fingerprint density at radius 2 is 2.32 bits per heavy atom. The van der Waals surface area contributed by atoms with Crippen molar-refractivity contribution in [2.45, 2.75) is 12.8 Å². The van der Waals surface area contributed by atoms with Crippen LogP contribution in [0.25, 0.3) is 10.9 Å². The number of hydrogen-bond donors (Lipinski definition) is 2. The number of nitriles is 1. The lowest BCUT2D eigenvalue weighted by atomic mass is 9.97. The second-order valence-corrected chi connectivity index (χ2v) is 5.63. The fourth-order valence-corrected chi connectivity index (χ4v) is 3.08. The fraction of sp³-hybridized carbons (Fsp3) is 0.312. The number of amides is 1. The molecule has 1 aliphatic rings. The number of benzene rings is 1. The third-order valence-corrected chi connectivity index (χ3v) is 4.44. The van der Waals surface area contributed by atoms with Crippen LogP contribution in [0.3, 0.4) is 0 Å². The van der Waals surface area contributed by atoms with Crippen LogP contribution in [-0.4, -0.2) is 24.0 Å². The van der Waals surface area contributed by atoms with Gasteiger partial charge < -0.3 is 15.5 Å². The zero-order chi connectivity index (χ0) is 15.9. The van der Waals surface area contributed by atoms with Crippen molar-refractivity contribution in [3.05, 3.63) is 35.5 Å². The van der Waals surface area contributed by atoms with E-state index in [4.69, 9.17) is 15.7 Å². The Hall–Kier alpha value is -2.81. The van der Waals surface area contributed by atoms with E-state index in [0.717, 1.165) is 16.5 Å². The second kappa shape index (κ2) is 4.88. The van der Waals surface area contributed by atoms with E-state index in [1.165, 1.54) is 7.11 Å². The molecular weight excluding hydrogens is 282 g/mol. The third kappa shape index (κ3) is 1.94. The van der Waals surface area contributed by atoms with Gasteiger partial charge in [0.05, 0.1) is 12.7 Å². The lowest BCUT2D eigenvalue weighted by Crippen LogP contribution is -2.35. The van der Waals surface area contributed by atoms with Gasteiger partial charge in [0, 0.05) is 17.1 Å². The van der Waals surface area contributed by atoms with Crippen molar-refractivity contribution in [3.8, 4) is 6.07 Å². The molecule has 0 spiro atoms. The van der Waals surface area contributed by atoms with E-state index in [0.29, 0.717) is 18.4 Å². The first-order chi connectivity index (χ1) is 10.5. The molecule has 112 valence electrons. The SMILES string of the molecule is COC(=O)C1(C(N)=O)CC1Cc1ccc2[nH]cc(C#N)c2c1. The molecule has 2 atom stereocenters. The van der Waals surface area contributed by atoms with Crippen LogP contribution in [0.4, 0.5) is 0 Å². The molecule has 3 N–H and O–H groups in total. The van der Waals surface area contributed by atoms with E-state index in [-0.39, 0.29) is 5.92 Å². The van der Waals surface area contributed by atoms with Crippen LogP contribution in [0.1, 0.15) is 17.5 Å². The molecule has 22 heavy (non-hydrogen) atoms. The predicted molar refractivity (Wildman–Crippen MR) is 78.5 cm³/mol. The summed E-state index contributed by atoms with van der Waals surface area (Å²) < 4.78 is 4.71. The van der Waals surface area contributed by atoms with Crippen LogP contribution in [0.2, 0.25) is 0 Å². The number of primary amides is 1. The van der Waals surface area contributed by atoms with Gasteiger partial charge in [-0.05, 0) is 36.5 Å². The summed E-state index contributed by atoms with van der Waals surface area (Å²) in [6.07, 6.45) is 2.61. The maximum Gasteiger partial charge on any atom is 0.321 e. The molecule has 1 aromatic carbocycles. The number of nitrogens with one attached hydrogen (secondary N) is 1. The maximum atomic E-state index is 11.8. The lowest BCUT2D eigenvalue weighted by Gasteiger charge is -2.10. The van der Waals surface area contributed by atoms with Crippen LogP contribution in [0.5, 0.6) is 0 Å². The Morgan fingerprint density at radius 1 is 1.55 bits per heavy atom. The van der Waals surface area contributed by atoms with Gasteiger partial charge in [0.1, 0.15) is 11.5 Å². The summed E-state index contributed by atoms with van der Waals surface area (Å²) in [5.74, 6) is -1.35. The van der Waals surface area contributed by atoms with Crippen molar-refractivity contribution in [2.75, 3.05) is 7.11 Å². The number of nitrogens with two attached hydrogens (primary N) is 1. The van der Waals surface area contributed by atoms with E-state index >= 15 is 0 Å². The molecule has 1 aromatic heterocycles. The van der Waals surface area contributed by atoms with Crippen molar-refractivity contribution < 1.29 is 14.3 Å². The van der Waals surface area contributed by atoms with E-state index in [1.54, 1.807) is 6.20 Å². The third-order valence-electron chi connectivity index (χ3n) is 4.44. The largest absolute Gasteiger partial charge is 0.468 e. The number of fused-ring (bicyclic) bond motifs is 1. The Kier molecular flexibility index (Phi) is 3.14. The highest BCUT2D eigenvalue weighted by Crippen LogP contribution is 2.54. The number of esters is 1. The zero-order valence-corrected chi connectivity index (χ0v) is 12.1. The molecular formula is C16H15N3O3. The van der Waals surface area contributed by atoms with Crippen molar-refractivity contribution >= 4 is 22.8 Å². The number of H-pyrrole nitrogens is 1. The summed E-state index contributed by atoms with van der Waals surface area (Å²) in [4.78, 5) is 26.5. The zero-order valence-electron chi connectivity index (χ0n) is 12.1. The highest BCUT2D eigenvalue weighted by Gasteiger charge is 2.65. The highest BCUT2D eigenvalue weighted by atomic mass is 16.5. The molecule has 1 saturated carbocycles. The molecule has 0 radical (unpaired) electrons. The first-order valence-electron chi connectivity index (χ1n) is 6.91. The quantitative estimate of drug-likeness (QED) is 0.653. The Morgan fingerprint density at radius 3 is 2.95 bits per heavy atom. The molecule has 3 rings (SSSR count). The molecule has 1 heterocycles. The topological polar surface area (TPSA) is 109 Å². The van der Waals surface area contributed by atoms with Crippen molar-refractivity contribution in [3.63, 3.8) is 0 Å². The number of carbonyl (C=O) groups excluding carboxylic acids is 2. The minimum atomic E-state index is -1.19. The number of nitrogens with zero attached hydrogens (tertiary/aromatic N) is 1. The van der Waals surface area contributed by atoms with E-state index < -0.39 is 17.3 Å². The average molecular weight is 297 g/mol. The van der Waals surface area contributed by atoms with Gasteiger partial charge >= 0.3 is 5.97 Å². The molecule has 0 bridgehead atoms. The van der Waals surface area contributed by atoms with Crippen molar-refractivity contribution in [1.29, 1.82) is 5.26 Å². The smallest absolute Gasteiger partial charge is 0.321 e. The van der Waals surface area contributed by atoms with Gasteiger partial charge in [-0.1, -0.05) is 6.07 Å². The number of carbonyl (C=O) groups is 2. The van der Waals surface area contributed by atoms with Gasteiger partial charge in [0.15, 0.2) is 0 Å². The number of methoxy groups -OCH3 is 1. The van der Waals surface area contributed by atoms with Gasteiger partial charge in [-0.2, -0.15) is 5.26 Å². The van der Waals surface area contributed by atoms with E-state index in [9.17, 15) is 9.59 Å². The molecule has 6 nitrogen and oxygen atoms in total. The van der Waals surface area contributed by atoms with Gasteiger partial charge in [-0.3, -0.25) is 9.59 Å². The van der Waals surface area contributed by atoms with Crippen LogP contribution in [-0.2, 0) is 20.7 Å². The molecule has 1 amide bonds. The number of ether oxygens (including phenoxy) is 1. The van der Waals surface area contributed by atoms with E-state index in [1.807, 2.05) is 18.2 Å². The summed E-state index contributed by atoms with van der Waals surface area (Å²) in [5.41, 5.74) is 6.60. The predicted octanol–water partition coefficient (Wildman–Crippen LogP) is 1.25. The van der Waals surface area contributed by atoms with Crippen molar-refractivity contribution in [1.82, 2.24) is 4.98 Å². The minimum absolute atomic E-state index is 0.153. The number of hydrogen-bond acceptors (Lipinski definition) is 4. The van der Waals surface area contributed by atoms with Crippen LogP contribution >= 0.6 is 0 Å². The second-order valence-electron chi connectivity index (χ2n) is 5.63. The summed E-state index contributed by atoms with van der Waals surface area (Å²) in [5, 5.41) is 9.91. The van der Waals surface area contributed by atoms with Crippen LogP contribution in [0, 0.1) is 22.7 Å². The van der Waals surface area contributed by atoms with Gasteiger partial charge in [-0.25, -0.2) is 0 Å². The molecule has 1 aliphatic carbocycles. The molecule has 0 saturated heterocycles. The summed E-state index contributed by atoms with van der Waals surface area (Å²) in [6.45, 7) is 0. The summed E-state index contributed by atoms with van der Waals surface area (Å²) in [7, 11) is 1.26. The molecule has 2 aromatic rings. The average Bonchev–Trinajstić information content (AvgIpc) is 3.09. The first kappa shape index (κ1) is 14.1. The number of aromatic nitrogens is 1. The maximum absolute atomic E-state index is 11.8. The fourth-order valence-electron chi connectivity index (χ4n) is 3.08.